The van der Waals surface area contributed by atoms with E-state index < -0.39 is 12.0 Å². The highest BCUT2D eigenvalue weighted by atomic mass is 35.5. The minimum absolute atomic E-state index is 0.0914. The fourth-order valence-electron chi connectivity index (χ4n) is 2.06. The van der Waals surface area contributed by atoms with Gasteiger partial charge in [-0.1, -0.05) is 23.2 Å². The first-order valence-corrected chi connectivity index (χ1v) is 8.19. The normalized spacial score (nSPS) is 11.6. The number of ketones is 1. The van der Waals surface area contributed by atoms with Crippen LogP contribution >= 0.6 is 23.2 Å². The van der Waals surface area contributed by atoms with E-state index in [0.29, 0.717) is 32.8 Å². The van der Waals surface area contributed by atoms with Crippen LogP contribution in [0, 0.1) is 0 Å². The van der Waals surface area contributed by atoms with E-state index in [-0.39, 0.29) is 5.78 Å². The summed E-state index contributed by atoms with van der Waals surface area (Å²) in [5, 5.41) is 3.49. The van der Waals surface area contributed by atoms with Gasteiger partial charge in [-0.15, -0.1) is 0 Å². The van der Waals surface area contributed by atoms with Crippen LogP contribution in [0.25, 0.3) is 0 Å². The van der Waals surface area contributed by atoms with E-state index in [0.717, 1.165) is 0 Å². The molecule has 132 valence electrons. The van der Waals surface area contributed by atoms with E-state index in [4.69, 9.17) is 32.7 Å². The van der Waals surface area contributed by atoms with Crippen molar-refractivity contribution in [2.75, 3.05) is 12.4 Å². The third-order valence-electron chi connectivity index (χ3n) is 3.43. The Morgan fingerprint density at radius 1 is 1.08 bits per heavy atom. The number of carbonyl (C=O) groups is 2. The number of hydrogen-bond donors (Lipinski definition) is 1. The quantitative estimate of drug-likeness (QED) is 0.741. The number of Topliss-reactive ketones (excluding diaryl/α,β-unsaturated/α-hetero) is 1. The highest BCUT2D eigenvalue weighted by Gasteiger charge is 2.19. The van der Waals surface area contributed by atoms with Crippen molar-refractivity contribution in [3.63, 3.8) is 0 Å². The van der Waals surface area contributed by atoms with Gasteiger partial charge in [0.1, 0.15) is 0 Å². The molecule has 0 heterocycles. The molecule has 25 heavy (non-hydrogen) atoms. The number of methoxy groups -OCH3 is 1. The van der Waals surface area contributed by atoms with Gasteiger partial charge >= 0.3 is 0 Å². The van der Waals surface area contributed by atoms with Crippen LogP contribution in [0.2, 0.25) is 10.0 Å². The van der Waals surface area contributed by atoms with Crippen molar-refractivity contribution in [3.05, 3.63) is 52.0 Å². The molecule has 2 rings (SSSR count). The zero-order valence-corrected chi connectivity index (χ0v) is 15.4. The Bertz CT molecular complexity index is 808. The molecule has 0 saturated heterocycles. The number of halogens is 2. The summed E-state index contributed by atoms with van der Waals surface area (Å²) >= 11 is 11.9. The number of carbonyl (C=O) groups excluding carboxylic acids is 2. The highest BCUT2D eigenvalue weighted by Crippen LogP contribution is 2.30. The minimum atomic E-state index is -0.827. The van der Waals surface area contributed by atoms with Gasteiger partial charge in [-0.2, -0.15) is 0 Å². The summed E-state index contributed by atoms with van der Waals surface area (Å²) in [6.07, 6.45) is -0.827. The summed E-state index contributed by atoms with van der Waals surface area (Å²) < 4.78 is 10.9. The fraction of sp³-hybridized carbons (Fsp3) is 0.222. The van der Waals surface area contributed by atoms with Crippen LogP contribution in [-0.4, -0.2) is 24.9 Å². The van der Waals surface area contributed by atoms with Crippen molar-refractivity contribution in [1.29, 1.82) is 0 Å². The Balaban J connectivity index is 2.13. The Morgan fingerprint density at radius 3 is 2.44 bits per heavy atom. The lowest BCUT2D eigenvalue weighted by Gasteiger charge is -2.17. The largest absolute Gasteiger partial charge is 0.493 e. The van der Waals surface area contributed by atoms with Crippen molar-refractivity contribution < 1.29 is 19.1 Å². The number of benzene rings is 2. The molecule has 2 aromatic rings. The van der Waals surface area contributed by atoms with E-state index in [9.17, 15) is 9.59 Å². The van der Waals surface area contributed by atoms with Crippen LogP contribution in [0.1, 0.15) is 24.2 Å². The number of nitrogens with one attached hydrogen (secondary N) is 1. The number of amides is 1. The maximum absolute atomic E-state index is 12.3. The first-order chi connectivity index (χ1) is 11.8. The van der Waals surface area contributed by atoms with Gasteiger partial charge in [0.25, 0.3) is 5.91 Å². The number of hydrogen-bond acceptors (Lipinski definition) is 4. The molecule has 0 spiro atoms. The molecule has 1 amide bonds. The van der Waals surface area contributed by atoms with Gasteiger partial charge in [-0.3, -0.25) is 9.59 Å². The average molecular weight is 382 g/mol. The lowest BCUT2D eigenvalue weighted by molar-refractivity contribution is -0.122. The third-order valence-corrected chi connectivity index (χ3v) is 3.99. The molecule has 2 aromatic carbocycles. The summed E-state index contributed by atoms with van der Waals surface area (Å²) in [5.74, 6) is 0.230. The van der Waals surface area contributed by atoms with E-state index in [1.165, 1.54) is 14.0 Å². The van der Waals surface area contributed by atoms with E-state index in [2.05, 4.69) is 5.32 Å². The lowest BCUT2D eigenvalue weighted by Crippen LogP contribution is -2.30. The van der Waals surface area contributed by atoms with Crippen LogP contribution in [0.3, 0.4) is 0 Å². The van der Waals surface area contributed by atoms with Gasteiger partial charge in [0.2, 0.25) is 0 Å². The SMILES string of the molecule is COc1cc(C(C)=O)ccc1O[C@H](C)C(=O)Nc1cc(Cl)ccc1Cl. The van der Waals surface area contributed by atoms with Crippen LogP contribution in [0.4, 0.5) is 5.69 Å². The second-order valence-corrected chi connectivity index (χ2v) is 6.14. The summed E-state index contributed by atoms with van der Waals surface area (Å²) in [7, 11) is 1.46. The van der Waals surface area contributed by atoms with Crippen molar-refractivity contribution in [1.82, 2.24) is 0 Å². The molecule has 1 N–H and O–H groups in total. The monoisotopic (exact) mass is 381 g/mol. The maximum atomic E-state index is 12.3. The predicted octanol–water partition coefficient (Wildman–Crippen LogP) is 4.61. The standard InChI is InChI=1S/C18H17Cl2NO4/c1-10(22)12-4-7-16(17(8-12)24-3)25-11(2)18(23)21-15-9-13(19)5-6-14(15)20/h4-9,11H,1-3H3,(H,21,23)/t11-/m1/s1. The summed E-state index contributed by atoms with van der Waals surface area (Å²) in [5.41, 5.74) is 0.889. The van der Waals surface area contributed by atoms with Gasteiger partial charge in [0.05, 0.1) is 17.8 Å². The first kappa shape index (κ1) is 19.1. The molecular formula is C18H17Cl2NO4. The molecule has 0 aliphatic rings. The van der Waals surface area contributed by atoms with Crippen LogP contribution in [-0.2, 0) is 4.79 Å². The van der Waals surface area contributed by atoms with Crippen LogP contribution in [0.5, 0.6) is 11.5 Å². The molecule has 0 aliphatic carbocycles. The average Bonchev–Trinajstić information content (AvgIpc) is 2.58. The van der Waals surface area contributed by atoms with Crippen molar-refractivity contribution in [2.24, 2.45) is 0 Å². The molecule has 0 aromatic heterocycles. The Morgan fingerprint density at radius 2 is 1.80 bits per heavy atom. The Hall–Kier alpha value is -2.24. The van der Waals surface area contributed by atoms with Crippen molar-refractivity contribution >= 4 is 40.6 Å². The number of anilines is 1. The molecule has 0 radical (unpaired) electrons. The molecule has 1 atom stereocenters. The third kappa shape index (κ3) is 4.87. The Labute approximate surface area is 155 Å². The number of ether oxygens (including phenoxy) is 2. The van der Waals surface area contributed by atoms with Crippen molar-refractivity contribution in [3.8, 4) is 11.5 Å². The molecule has 0 fully saturated rings. The zero-order valence-electron chi connectivity index (χ0n) is 13.9. The number of rotatable bonds is 6. The minimum Gasteiger partial charge on any atom is -0.493 e. The molecular weight excluding hydrogens is 365 g/mol. The van der Waals surface area contributed by atoms with Gasteiger partial charge in [0, 0.05) is 10.6 Å². The van der Waals surface area contributed by atoms with Crippen molar-refractivity contribution in [2.45, 2.75) is 20.0 Å². The summed E-state index contributed by atoms with van der Waals surface area (Å²) in [6, 6.07) is 9.53. The highest BCUT2D eigenvalue weighted by molar-refractivity contribution is 6.35. The van der Waals surface area contributed by atoms with Gasteiger partial charge in [-0.05, 0) is 50.2 Å². The molecule has 0 aliphatic heterocycles. The van der Waals surface area contributed by atoms with Crippen LogP contribution < -0.4 is 14.8 Å². The Kier molecular flexibility index (Phi) is 6.28. The zero-order chi connectivity index (χ0) is 18.6. The molecule has 7 heteroatoms. The molecule has 0 unspecified atom stereocenters. The fourth-order valence-corrected chi connectivity index (χ4v) is 2.39. The second kappa shape index (κ2) is 8.23. The van der Waals surface area contributed by atoms with Gasteiger partial charge in [-0.25, -0.2) is 0 Å². The summed E-state index contributed by atoms with van der Waals surface area (Å²) in [4.78, 5) is 23.8. The van der Waals surface area contributed by atoms with Gasteiger partial charge < -0.3 is 14.8 Å². The van der Waals surface area contributed by atoms with Crippen LogP contribution in [0.15, 0.2) is 36.4 Å². The van der Waals surface area contributed by atoms with E-state index in [1.807, 2.05) is 0 Å². The van der Waals surface area contributed by atoms with E-state index >= 15 is 0 Å². The molecule has 0 bridgehead atoms. The van der Waals surface area contributed by atoms with E-state index in [1.54, 1.807) is 43.3 Å². The molecule has 0 saturated carbocycles. The molecule has 5 nitrogen and oxygen atoms in total. The van der Waals surface area contributed by atoms with Gasteiger partial charge in [0.15, 0.2) is 23.4 Å². The topological polar surface area (TPSA) is 64.6 Å². The smallest absolute Gasteiger partial charge is 0.265 e. The lowest BCUT2D eigenvalue weighted by atomic mass is 10.1. The maximum Gasteiger partial charge on any atom is 0.265 e. The summed E-state index contributed by atoms with van der Waals surface area (Å²) in [6.45, 7) is 3.05. The first-order valence-electron chi connectivity index (χ1n) is 7.43. The predicted molar refractivity (Wildman–Crippen MR) is 98.2 cm³/mol. The second-order valence-electron chi connectivity index (χ2n) is 5.30.